The van der Waals surface area contributed by atoms with Crippen molar-refractivity contribution in [3.8, 4) is 22.8 Å². The monoisotopic (exact) mass is 448 g/mol. The Morgan fingerprint density at radius 3 is 1.44 bits per heavy atom. The molecule has 166 valence electrons. The summed E-state index contributed by atoms with van der Waals surface area (Å²) in [5, 5.41) is 5.71. The van der Waals surface area contributed by atoms with Crippen LogP contribution < -0.4 is 10.6 Å². The fourth-order valence-electron chi connectivity index (χ4n) is 3.48. The molecule has 0 aliphatic heterocycles. The number of aromatic nitrogens is 4. The van der Waals surface area contributed by atoms with Gasteiger partial charge in [-0.05, 0) is 66.7 Å². The number of hydrogen-bond acceptors (Lipinski definition) is 4. The van der Waals surface area contributed by atoms with Crippen LogP contribution in [0.2, 0.25) is 0 Å². The molecule has 0 radical (unpaired) electrons. The third-order valence-electron chi connectivity index (χ3n) is 5.22. The molecule has 0 bridgehead atoms. The Hall–Kier alpha value is -4.98. The molecular formula is C26H20N6O2. The van der Waals surface area contributed by atoms with Crippen LogP contribution >= 0.6 is 0 Å². The number of carbonyl (C=O) groups is 2. The van der Waals surface area contributed by atoms with E-state index in [4.69, 9.17) is 0 Å². The number of aromatic amines is 2. The third-order valence-corrected chi connectivity index (χ3v) is 5.22. The van der Waals surface area contributed by atoms with E-state index in [-0.39, 0.29) is 11.8 Å². The van der Waals surface area contributed by atoms with Crippen molar-refractivity contribution >= 4 is 23.2 Å². The highest BCUT2D eigenvalue weighted by Gasteiger charge is 2.12. The summed E-state index contributed by atoms with van der Waals surface area (Å²) in [6.07, 6.45) is 6.88. The van der Waals surface area contributed by atoms with Gasteiger partial charge >= 0.3 is 0 Å². The molecule has 4 N–H and O–H groups in total. The highest BCUT2D eigenvalue weighted by molar-refractivity contribution is 6.08. The van der Waals surface area contributed by atoms with Crippen molar-refractivity contribution in [3.63, 3.8) is 0 Å². The van der Waals surface area contributed by atoms with E-state index in [0.717, 1.165) is 22.8 Å². The number of amides is 2. The Labute approximate surface area is 195 Å². The summed E-state index contributed by atoms with van der Waals surface area (Å²) in [7, 11) is 0. The summed E-state index contributed by atoms with van der Waals surface area (Å²) in [5.74, 6) is 0.908. The minimum absolute atomic E-state index is 0.303. The van der Waals surface area contributed by atoms with Gasteiger partial charge in [-0.2, -0.15) is 0 Å². The van der Waals surface area contributed by atoms with Crippen LogP contribution in [-0.4, -0.2) is 31.8 Å². The molecule has 0 saturated carbocycles. The number of benzene rings is 3. The van der Waals surface area contributed by atoms with E-state index >= 15 is 0 Å². The maximum absolute atomic E-state index is 12.7. The van der Waals surface area contributed by atoms with E-state index in [2.05, 4.69) is 30.6 Å². The van der Waals surface area contributed by atoms with Gasteiger partial charge < -0.3 is 20.6 Å². The maximum Gasteiger partial charge on any atom is 0.255 e. The fourth-order valence-corrected chi connectivity index (χ4v) is 3.48. The average molecular weight is 448 g/mol. The number of carbonyl (C=O) groups excluding carboxylic acids is 2. The zero-order valence-electron chi connectivity index (χ0n) is 17.9. The highest BCUT2D eigenvalue weighted by Crippen LogP contribution is 2.20. The summed E-state index contributed by atoms with van der Waals surface area (Å²) >= 11 is 0. The van der Waals surface area contributed by atoms with Gasteiger partial charge in [-0.1, -0.05) is 6.07 Å². The predicted molar refractivity (Wildman–Crippen MR) is 130 cm³/mol. The minimum Gasteiger partial charge on any atom is -0.345 e. The summed E-state index contributed by atoms with van der Waals surface area (Å²) < 4.78 is 0. The summed E-state index contributed by atoms with van der Waals surface area (Å²) in [6, 6.07) is 21.3. The van der Waals surface area contributed by atoms with Gasteiger partial charge in [0.2, 0.25) is 0 Å². The summed E-state index contributed by atoms with van der Waals surface area (Å²) in [5.41, 5.74) is 3.89. The van der Waals surface area contributed by atoms with Crippen LogP contribution in [0.15, 0.2) is 97.6 Å². The molecule has 0 aliphatic carbocycles. The Kier molecular flexibility index (Phi) is 5.69. The van der Waals surface area contributed by atoms with Gasteiger partial charge in [0, 0.05) is 58.4 Å². The second-order valence-corrected chi connectivity index (χ2v) is 7.52. The van der Waals surface area contributed by atoms with Crippen LogP contribution in [0.1, 0.15) is 20.7 Å². The van der Waals surface area contributed by atoms with Crippen molar-refractivity contribution < 1.29 is 9.59 Å². The predicted octanol–water partition coefficient (Wildman–Crippen LogP) is 4.97. The lowest BCUT2D eigenvalue weighted by Gasteiger charge is -2.09. The second-order valence-electron chi connectivity index (χ2n) is 7.52. The Bertz CT molecular complexity index is 1300. The molecule has 0 unspecified atom stereocenters. The molecule has 0 atom stereocenters. The van der Waals surface area contributed by atoms with Crippen LogP contribution in [0.25, 0.3) is 22.8 Å². The molecule has 0 fully saturated rings. The van der Waals surface area contributed by atoms with Crippen LogP contribution in [0.5, 0.6) is 0 Å². The van der Waals surface area contributed by atoms with Crippen molar-refractivity contribution in [3.05, 3.63) is 109 Å². The number of imidazole rings is 2. The fraction of sp³-hybridized carbons (Fsp3) is 0. The molecule has 8 nitrogen and oxygen atoms in total. The Balaban J connectivity index is 1.24. The second kappa shape index (κ2) is 9.25. The molecule has 8 heteroatoms. The molecule has 2 amide bonds. The van der Waals surface area contributed by atoms with E-state index in [1.807, 2.05) is 24.3 Å². The van der Waals surface area contributed by atoms with Crippen LogP contribution in [-0.2, 0) is 0 Å². The van der Waals surface area contributed by atoms with Gasteiger partial charge in [-0.3, -0.25) is 9.59 Å². The molecule has 5 aromatic rings. The smallest absolute Gasteiger partial charge is 0.255 e. The number of hydrogen-bond donors (Lipinski definition) is 4. The van der Waals surface area contributed by atoms with E-state index < -0.39 is 0 Å². The maximum atomic E-state index is 12.7. The van der Waals surface area contributed by atoms with Gasteiger partial charge in [0.1, 0.15) is 11.6 Å². The molecule has 3 aromatic carbocycles. The van der Waals surface area contributed by atoms with Crippen LogP contribution in [0.3, 0.4) is 0 Å². The lowest BCUT2D eigenvalue weighted by atomic mass is 10.1. The lowest BCUT2D eigenvalue weighted by molar-refractivity contribution is 0.102. The summed E-state index contributed by atoms with van der Waals surface area (Å²) in [6.45, 7) is 0. The normalized spacial score (nSPS) is 10.6. The third kappa shape index (κ3) is 4.61. The van der Waals surface area contributed by atoms with E-state index in [1.54, 1.807) is 73.3 Å². The molecular weight excluding hydrogens is 428 g/mol. The lowest BCUT2D eigenvalue weighted by Crippen LogP contribution is -2.15. The zero-order valence-corrected chi connectivity index (χ0v) is 17.9. The van der Waals surface area contributed by atoms with Gasteiger partial charge in [-0.25, -0.2) is 9.97 Å². The first-order valence-electron chi connectivity index (χ1n) is 10.6. The first kappa shape index (κ1) is 20.9. The van der Waals surface area contributed by atoms with Crippen molar-refractivity contribution in [2.45, 2.75) is 0 Å². The van der Waals surface area contributed by atoms with Gasteiger partial charge in [0.15, 0.2) is 0 Å². The topological polar surface area (TPSA) is 116 Å². The molecule has 2 heterocycles. The Morgan fingerprint density at radius 1 is 0.618 bits per heavy atom. The minimum atomic E-state index is -0.303. The number of anilines is 2. The first-order chi connectivity index (χ1) is 16.7. The van der Waals surface area contributed by atoms with Gasteiger partial charge in [0.05, 0.1) is 0 Å². The van der Waals surface area contributed by atoms with E-state index in [1.165, 1.54) is 0 Å². The van der Waals surface area contributed by atoms with Crippen molar-refractivity contribution in [2.24, 2.45) is 0 Å². The van der Waals surface area contributed by atoms with Gasteiger partial charge in [-0.15, -0.1) is 0 Å². The number of H-pyrrole nitrogens is 2. The molecule has 5 rings (SSSR count). The molecule has 2 aromatic heterocycles. The van der Waals surface area contributed by atoms with Crippen LogP contribution in [0, 0.1) is 0 Å². The number of nitrogens with zero attached hydrogens (tertiary/aromatic N) is 2. The van der Waals surface area contributed by atoms with Crippen molar-refractivity contribution in [2.75, 3.05) is 10.6 Å². The quantitative estimate of drug-likeness (QED) is 0.293. The first-order valence-corrected chi connectivity index (χ1v) is 10.6. The van der Waals surface area contributed by atoms with Crippen molar-refractivity contribution in [1.29, 1.82) is 0 Å². The molecule has 0 saturated heterocycles. The van der Waals surface area contributed by atoms with Gasteiger partial charge in [0.25, 0.3) is 11.8 Å². The van der Waals surface area contributed by atoms with Crippen LogP contribution in [0.4, 0.5) is 11.4 Å². The standard InChI is InChI=1S/C26H20N6O2/c33-25(31-21-8-4-17(5-9-21)23-27-12-13-28-23)19-2-1-3-20(16-19)26(34)32-22-10-6-18(7-11-22)24-29-14-15-30-24/h1-16H,(H,27,28)(H,29,30)(H,31,33)(H,32,34). The Morgan fingerprint density at radius 2 is 1.06 bits per heavy atom. The van der Waals surface area contributed by atoms with E-state index in [0.29, 0.717) is 22.5 Å². The number of rotatable bonds is 6. The average Bonchev–Trinajstić information content (AvgIpc) is 3.60. The summed E-state index contributed by atoms with van der Waals surface area (Å²) in [4.78, 5) is 40.0. The van der Waals surface area contributed by atoms with E-state index in [9.17, 15) is 9.59 Å². The van der Waals surface area contributed by atoms with Crippen molar-refractivity contribution in [1.82, 2.24) is 19.9 Å². The SMILES string of the molecule is O=C(Nc1ccc(-c2ncc[nH]2)cc1)c1cccc(C(=O)Nc2ccc(-c3ncc[nH]3)cc2)c1. The highest BCUT2D eigenvalue weighted by atomic mass is 16.2. The number of nitrogens with one attached hydrogen (secondary N) is 4. The molecule has 34 heavy (non-hydrogen) atoms. The largest absolute Gasteiger partial charge is 0.345 e. The zero-order chi connectivity index (χ0) is 23.3. The molecule has 0 spiro atoms. The molecule has 0 aliphatic rings.